The smallest absolute Gasteiger partial charge is 0.421 e. The molecule has 0 saturated heterocycles. The first-order valence-corrected chi connectivity index (χ1v) is 10.6. The summed E-state index contributed by atoms with van der Waals surface area (Å²) in [7, 11) is -4.35. The van der Waals surface area contributed by atoms with Gasteiger partial charge in [-0.05, 0) is 61.2 Å². The van der Waals surface area contributed by atoms with Crippen LogP contribution in [-0.2, 0) is 26.8 Å². The van der Waals surface area contributed by atoms with Crippen molar-refractivity contribution in [3.05, 3.63) is 59.4 Å². The molecule has 6 nitrogen and oxygen atoms in total. The number of rotatable bonds is 5. The Labute approximate surface area is 175 Å². The first-order valence-electron chi connectivity index (χ1n) is 9.19. The number of hydrogen-bond donors (Lipinski definition) is 2. The summed E-state index contributed by atoms with van der Waals surface area (Å²) in [5, 5.41) is 19.2. The summed E-state index contributed by atoms with van der Waals surface area (Å²) >= 11 is 0. The zero-order valence-electron chi connectivity index (χ0n) is 16.2. The van der Waals surface area contributed by atoms with E-state index < -0.39 is 51.6 Å². The maximum atomic E-state index is 13.3. The van der Waals surface area contributed by atoms with Crippen LogP contribution in [0.5, 0.6) is 0 Å². The average molecular weight is 461 g/mol. The number of benzene rings is 2. The van der Waals surface area contributed by atoms with E-state index in [1.807, 2.05) is 0 Å². The van der Waals surface area contributed by atoms with Gasteiger partial charge in [-0.1, -0.05) is 12.1 Å². The third-order valence-electron chi connectivity index (χ3n) is 5.29. The molecule has 0 spiro atoms. The highest BCUT2D eigenvalue weighted by Gasteiger charge is 2.51. The first kappa shape index (κ1) is 23.0. The molecular formula is C20H19F4NO5S. The number of carboxylic acid groups (broad SMARTS) is 1. The maximum Gasteiger partial charge on any atom is 0.421 e. The van der Waals surface area contributed by atoms with Crippen LogP contribution in [0.25, 0.3) is 0 Å². The first-order chi connectivity index (χ1) is 14.2. The summed E-state index contributed by atoms with van der Waals surface area (Å²) in [4.78, 5) is 11.0. The molecule has 3 rings (SSSR count). The van der Waals surface area contributed by atoms with Crippen molar-refractivity contribution in [2.24, 2.45) is 0 Å². The zero-order valence-corrected chi connectivity index (χ0v) is 17.0. The van der Waals surface area contributed by atoms with Crippen LogP contribution in [0.4, 0.5) is 23.2 Å². The maximum absolute atomic E-state index is 13.3. The van der Waals surface area contributed by atoms with Crippen LogP contribution in [0, 0.1) is 5.82 Å². The van der Waals surface area contributed by atoms with E-state index in [1.165, 1.54) is 0 Å². The quantitative estimate of drug-likeness (QED) is 0.664. The molecule has 1 aliphatic heterocycles. The van der Waals surface area contributed by atoms with E-state index in [4.69, 9.17) is 0 Å². The van der Waals surface area contributed by atoms with Gasteiger partial charge in [0, 0.05) is 0 Å². The predicted molar refractivity (Wildman–Crippen MR) is 102 cm³/mol. The molecule has 0 aromatic heterocycles. The van der Waals surface area contributed by atoms with Crippen LogP contribution in [-0.4, -0.2) is 36.8 Å². The van der Waals surface area contributed by atoms with Gasteiger partial charge >= 0.3 is 12.1 Å². The highest BCUT2D eigenvalue weighted by molar-refractivity contribution is 7.92. The monoisotopic (exact) mass is 461 g/mol. The Kier molecular flexibility index (Phi) is 5.78. The molecular weight excluding hydrogens is 442 g/mol. The van der Waals surface area contributed by atoms with Crippen LogP contribution in [0.3, 0.4) is 0 Å². The van der Waals surface area contributed by atoms with Gasteiger partial charge < -0.3 is 10.2 Å². The number of halogens is 4. The van der Waals surface area contributed by atoms with Crippen LogP contribution in [0.2, 0.25) is 0 Å². The summed E-state index contributed by atoms with van der Waals surface area (Å²) < 4.78 is 80.3. The van der Waals surface area contributed by atoms with E-state index in [1.54, 1.807) is 0 Å². The van der Waals surface area contributed by atoms with E-state index in [2.05, 4.69) is 0 Å². The molecule has 168 valence electrons. The third kappa shape index (κ3) is 4.24. The van der Waals surface area contributed by atoms with Crippen molar-refractivity contribution in [1.82, 2.24) is 0 Å². The van der Waals surface area contributed by atoms with Gasteiger partial charge in [-0.2, -0.15) is 13.2 Å². The Hall–Kier alpha value is -2.66. The van der Waals surface area contributed by atoms with Crippen LogP contribution in [0.15, 0.2) is 47.4 Å². The summed E-state index contributed by atoms with van der Waals surface area (Å²) in [5.41, 5.74) is -3.38. The molecule has 2 unspecified atom stereocenters. The SMILES string of the molecule is CC(O)(c1ccc2c(c1)CCC(CC(=O)O)N2S(=O)(=O)c1ccc(F)cc1)C(F)(F)F. The zero-order chi connectivity index (χ0) is 23.2. The predicted octanol–water partition coefficient (Wildman–Crippen LogP) is 3.58. The van der Waals surface area contributed by atoms with Gasteiger partial charge in [0.05, 0.1) is 23.0 Å². The fourth-order valence-corrected chi connectivity index (χ4v) is 5.25. The van der Waals surface area contributed by atoms with Crippen molar-refractivity contribution >= 4 is 21.7 Å². The van der Waals surface area contributed by atoms with Gasteiger partial charge in [0.25, 0.3) is 10.0 Å². The average Bonchev–Trinajstić information content (AvgIpc) is 2.66. The van der Waals surface area contributed by atoms with Crippen molar-refractivity contribution in [1.29, 1.82) is 0 Å². The second-order valence-electron chi connectivity index (χ2n) is 7.46. The molecule has 2 aromatic carbocycles. The summed E-state index contributed by atoms with van der Waals surface area (Å²) in [6.45, 7) is 0.595. The lowest BCUT2D eigenvalue weighted by Gasteiger charge is -2.38. The van der Waals surface area contributed by atoms with Crippen molar-refractivity contribution in [3.63, 3.8) is 0 Å². The molecule has 2 N–H and O–H groups in total. The lowest BCUT2D eigenvalue weighted by atomic mass is 9.89. The van der Waals surface area contributed by atoms with E-state index in [-0.39, 0.29) is 29.0 Å². The van der Waals surface area contributed by atoms with E-state index in [0.717, 1.165) is 46.8 Å². The largest absolute Gasteiger partial charge is 0.481 e. The molecule has 0 amide bonds. The number of aliphatic hydroxyl groups is 1. The highest BCUT2D eigenvalue weighted by atomic mass is 32.2. The summed E-state index contributed by atoms with van der Waals surface area (Å²) in [5.74, 6) is -1.91. The van der Waals surface area contributed by atoms with Gasteiger partial charge in [0.1, 0.15) is 5.82 Å². The van der Waals surface area contributed by atoms with E-state index >= 15 is 0 Å². The Morgan fingerprint density at radius 3 is 2.32 bits per heavy atom. The second kappa shape index (κ2) is 7.79. The number of sulfonamides is 1. The van der Waals surface area contributed by atoms with Crippen molar-refractivity contribution < 1.29 is 41.0 Å². The molecule has 2 aromatic rings. The molecule has 1 aliphatic rings. The fourth-order valence-electron chi connectivity index (χ4n) is 3.54. The summed E-state index contributed by atoms with van der Waals surface area (Å²) in [6.07, 6.45) is -5.33. The third-order valence-corrected chi connectivity index (χ3v) is 7.17. The molecule has 11 heteroatoms. The molecule has 0 bridgehead atoms. The normalized spacial score (nSPS) is 18.9. The second-order valence-corrected chi connectivity index (χ2v) is 9.27. The molecule has 1 heterocycles. The number of aliphatic carboxylic acids is 1. The number of fused-ring (bicyclic) bond motifs is 1. The number of carbonyl (C=O) groups is 1. The molecule has 0 saturated carbocycles. The van der Waals surface area contributed by atoms with Gasteiger partial charge in [-0.3, -0.25) is 9.10 Å². The standard InChI is InChI=1S/C20H19F4NO5S/c1-19(28,20(22,23)24)13-3-9-17-12(10-13)2-6-15(11-18(26)27)25(17)31(29,30)16-7-4-14(21)5-8-16/h3-5,7-10,15,28H,2,6,11H2,1H3,(H,26,27). The Bertz CT molecular complexity index is 1100. The Morgan fingerprint density at radius 2 is 1.77 bits per heavy atom. The van der Waals surface area contributed by atoms with Gasteiger partial charge in [-0.15, -0.1) is 0 Å². The van der Waals surface area contributed by atoms with Crippen molar-refractivity contribution in [3.8, 4) is 0 Å². The number of carboxylic acids is 1. The molecule has 0 fully saturated rings. The van der Waals surface area contributed by atoms with Crippen LogP contribution >= 0.6 is 0 Å². The minimum absolute atomic E-state index is 0.0172. The number of alkyl halides is 3. The van der Waals surface area contributed by atoms with E-state index in [0.29, 0.717) is 6.92 Å². The highest BCUT2D eigenvalue weighted by Crippen LogP contribution is 2.42. The molecule has 31 heavy (non-hydrogen) atoms. The lowest BCUT2D eigenvalue weighted by molar-refractivity contribution is -0.258. The molecule has 0 aliphatic carbocycles. The number of aryl methyl sites for hydroxylation is 1. The minimum Gasteiger partial charge on any atom is -0.481 e. The van der Waals surface area contributed by atoms with Gasteiger partial charge in [-0.25, -0.2) is 12.8 Å². The fraction of sp³-hybridized carbons (Fsp3) is 0.350. The topological polar surface area (TPSA) is 94.9 Å². The minimum atomic E-state index is -4.96. The molecule has 2 atom stereocenters. The van der Waals surface area contributed by atoms with Crippen molar-refractivity contribution in [2.45, 2.75) is 48.9 Å². The number of nitrogens with zero attached hydrogens (tertiary/aromatic N) is 1. The Morgan fingerprint density at radius 1 is 1.16 bits per heavy atom. The number of anilines is 1. The van der Waals surface area contributed by atoms with Crippen LogP contribution < -0.4 is 4.31 Å². The van der Waals surface area contributed by atoms with Crippen molar-refractivity contribution in [2.75, 3.05) is 4.31 Å². The lowest BCUT2D eigenvalue weighted by Crippen LogP contribution is -2.45. The van der Waals surface area contributed by atoms with E-state index in [9.17, 15) is 41.0 Å². The van der Waals surface area contributed by atoms with Gasteiger partial charge in [0.2, 0.25) is 0 Å². The Balaban J connectivity index is 2.14. The molecule has 0 radical (unpaired) electrons. The number of hydrogen-bond acceptors (Lipinski definition) is 4. The van der Waals surface area contributed by atoms with Crippen LogP contribution in [0.1, 0.15) is 30.9 Å². The van der Waals surface area contributed by atoms with Gasteiger partial charge in [0.15, 0.2) is 5.60 Å². The summed E-state index contributed by atoms with van der Waals surface area (Å²) in [6, 6.07) is 6.10.